The fraction of sp³-hybridized carbons (Fsp3) is 0.882. The summed E-state index contributed by atoms with van der Waals surface area (Å²) in [6, 6.07) is 0. The lowest BCUT2D eigenvalue weighted by atomic mass is 10.0. The first-order valence-electron chi connectivity index (χ1n) is 7.74. The van der Waals surface area contributed by atoms with Gasteiger partial charge in [-0.1, -0.05) is 0 Å². The summed E-state index contributed by atoms with van der Waals surface area (Å²) in [7, 11) is 1.88. The quantitative estimate of drug-likeness (QED) is 0.591. The summed E-state index contributed by atoms with van der Waals surface area (Å²) >= 11 is 0. The van der Waals surface area contributed by atoms with Crippen molar-refractivity contribution in [2.45, 2.75) is 79.1 Å². The molecule has 0 fully saturated rings. The summed E-state index contributed by atoms with van der Waals surface area (Å²) in [6.45, 7) is 17.3. The number of ether oxygens (including phenoxy) is 2. The van der Waals surface area contributed by atoms with Crippen molar-refractivity contribution >= 4 is 11.9 Å². The molecule has 0 aromatic heterocycles. The fourth-order valence-corrected chi connectivity index (χ4v) is 1.85. The molecule has 5 heteroatoms. The van der Waals surface area contributed by atoms with Gasteiger partial charge in [-0.05, 0) is 62.3 Å². The Bertz CT molecular complexity index is 378. The van der Waals surface area contributed by atoms with Gasteiger partial charge in [0.2, 0.25) is 0 Å². The Balaban J connectivity index is 5.11. The van der Waals surface area contributed by atoms with E-state index in [1.807, 2.05) is 69.4 Å². The number of carbonyl (C=O) groups is 2. The van der Waals surface area contributed by atoms with Gasteiger partial charge >= 0.3 is 11.9 Å². The zero-order chi connectivity index (χ0) is 18.0. The SMILES string of the molecule is CC(C)(C)OC(=O)C[N+](C)(CC(=O)OC(C)(C)C)C(C)(C)C. The van der Waals surface area contributed by atoms with Crippen LogP contribution in [0, 0.1) is 0 Å². The van der Waals surface area contributed by atoms with Gasteiger partial charge in [-0.25, -0.2) is 9.59 Å². The minimum atomic E-state index is -0.536. The lowest BCUT2D eigenvalue weighted by Gasteiger charge is -2.44. The van der Waals surface area contributed by atoms with Gasteiger partial charge in [0.05, 0.1) is 12.6 Å². The summed E-state index contributed by atoms with van der Waals surface area (Å²) < 4.78 is 11.0. The monoisotopic (exact) mass is 316 g/mol. The van der Waals surface area contributed by atoms with Gasteiger partial charge in [0, 0.05) is 0 Å². The fourth-order valence-electron chi connectivity index (χ4n) is 1.85. The minimum Gasteiger partial charge on any atom is -0.456 e. The second-order valence-corrected chi connectivity index (χ2v) is 9.06. The Labute approximate surface area is 135 Å². The molecular weight excluding hydrogens is 282 g/mol. The number of nitrogens with zero attached hydrogens (tertiary/aromatic N) is 1. The molecule has 22 heavy (non-hydrogen) atoms. The van der Waals surface area contributed by atoms with Crippen LogP contribution in [-0.4, -0.2) is 53.3 Å². The zero-order valence-electron chi connectivity index (χ0n) is 16.0. The molecule has 0 heterocycles. The third-order valence-corrected chi connectivity index (χ3v) is 3.42. The molecule has 0 aromatic carbocycles. The Kier molecular flexibility index (Phi) is 6.24. The minimum absolute atomic E-state index is 0.125. The standard InChI is InChI=1S/C17H34NO4/c1-15(2,3)18(10,11-13(19)21-16(4,5)6)12-14(20)22-17(7,8)9/h11-12H2,1-10H3/q+1. The molecule has 5 nitrogen and oxygen atoms in total. The molecule has 0 aliphatic rings. The van der Waals surface area contributed by atoms with Crippen molar-refractivity contribution in [2.75, 3.05) is 20.1 Å². The number of quaternary nitrogens is 1. The van der Waals surface area contributed by atoms with E-state index >= 15 is 0 Å². The summed E-state index contributed by atoms with van der Waals surface area (Å²) in [5, 5.41) is 0. The number of likely N-dealkylation sites (N-methyl/N-ethyl adjacent to an activating group) is 1. The molecule has 0 saturated heterocycles. The number of hydrogen-bond acceptors (Lipinski definition) is 4. The first kappa shape index (κ1) is 20.9. The third kappa shape index (κ3) is 7.78. The van der Waals surface area contributed by atoms with E-state index in [2.05, 4.69) is 0 Å². The van der Waals surface area contributed by atoms with Crippen molar-refractivity contribution in [1.29, 1.82) is 0 Å². The van der Waals surface area contributed by atoms with E-state index < -0.39 is 11.2 Å². The summed E-state index contributed by atoms with van der Waals surface area (Å²) in [5.74, 6) is -0.623. The highest BCUT2D eigenvalue weighted by molar-refractivity contribution is 5.73. The normalized spacial score (nSPS) is 13.7. The van der Waals surface area contributed by atoms with E-state index in [1.54, 1.807) is 0 Å². The lowest BCUT2D eigenvalue weighted by Crippen LogP contribution is -2.62. The van der Waals surface area contributed by atoms with E-state index in [0.29, 0.717) is 0 Å². The molecule has 0 bridgehead atoms. The van der Waals surface area contributed by atoms with Gasteiger partial charge in [-0.3, -0.25) is 0 Å². The average molecular weight is 316 g/mol. The lowest BCUT2D eigenvalue weighted by molar-refractivity contribution is -0.940. The van der Waals surface area contributed by atoms with Crippen LogP contribution in [0.1, 0.15) is 62.3 Å². The predicted molar refractivity (Wildman–Crippen MR) is 87.4 cm³/mol. The second kappa shape index (κ2) is 6.57. The molecule has 0 atom stereocenters. The molecule has 130 valence electrons. The molecule has 0 N–H and O–H groups in total. The first-order valence-corrected chi connectivity index (χ1v) is 7.74. The van der Waals surface area contributed by atoms with E-state index in [4.69, 9.17) is 9.47 Å². The molecular formula is C17H34NO4+. The topological polar surface area (TPSA) is 52.6 Å². The van der Waals surface area contributed by atoms with Crippen LogP contribution < -0.4 is 0 Å². The first-order chi connectivity index (χ1) is 9.45. The van der Waals surface area contributed by atoms with Crippen molar-refractivity contribution in [3.8, 4) is 0 Å². The molecule has 0 rings (SSSR count). The third-order valence-electron chi connectivity index (χ3n) is 3.42. The van der Waals surface area contributed by atoms with Gasteiger partial charge in [0.15, 0.2) is 13.1 Å². The van der Waals surface area contributed by atoms with Crippen LogP contribution in [0.3, 0.4) is 0 Å². The van der Waals surface area contributed by atoms with Gasteiger partial charge < -0.3 is 14.0 Å². The van der Waals surface area contributed by atoms with E-state index in [0.717, 1.165) is 0 Å². The highest BCUT2D eigenvalue weighted by Crippen LogP contribution is 2.23. The molecule has 0 radical (unpaired) electrons. The van der Waals surface area contributed by atoms with E-state index in [-0.39, 0.29) is 35.1 Å². The van der Waals surface area contributed by atoms with Crippen LogP contribution in [0.5, 0.6) is 0 Å². The van der Waals surface area contributed by atoms with Crippen molar-refractivity contribution in [2.24, 2.45) is 0 Å². The van der Waals surface area contributed by atoms with Crippen molar-refractivity contribution < 1.29 is 23.5 Å². The van der Waals surface area contributed by atoms with E-state index in [1.165, 1.54) is 0 Å². The maximum atomic E-state index is 12.2. The van der Waals surface area contributed by atoms with Gasteiger partial charge in [0.1, 0.15) is 11.2 Å². The van der Waals surface area contributed by atoms with Crippen LogP contribution in [0.2, 0.25) is 0 Å². The summed E-state index contributed by atoms with van der Waals surface area (Å²) in [4.78, 5) is 24.4. The van der Waals surface area contributed by atoms with Crippen molar-refractivity contribution in [1.82, 2.24) is 0 Å². The molecule has 0 spiro atoms. The van der Waals surface area contributed by atoms with Crippen LogP contribution in [-0.2, 0) is 19.1 Å². The average Bonchev–Trinajstić information content (AvgIpc) is 2.06. The molecule has 0 aliphatic heterocycles. The van der Waals surface area contributed by atoms with Gasteiger partial charge in [-0.15, -0.1) is 0 Å². The van der Waals surface area contributed by atoms with Gasteiger partial charge in [-0.2, -0.15) is 0 Å². The van der Waals surface area contributed by atoms with Crippen molar-refractivity contribution in [3.05, 3.63) is 0 Å². The van der Waals surface area contributed by atoms with Gasteiger partial charge in [0.25, 0.3) is 0 Å². The second-order valence-electron chi connectivity index (χ2n) is 9.06. The number of hydrogen-bond donors (Lipinski definition) is 0. The van der Waals surface area contributed by atoms with Crippen molar-refractivity contribution in [3.63, 3.8) is 0 Å². The molecule has 0 saturated carbocycles. The maximum absolute atomic E-state index is 12.2. The van der Waals surface area contributed by atoms with E-state index in [9.17, 15) is 9.59 Å². The maximum Gasteiger partial charge on any atom is 0.362 e. The number of esters is 2. The van der Waals surface area contributed by atoms with Crippen LogP contribution in [0.4, 0.5) is 0 Å². The highest BCUT2D eigenvalue weighted by Gasteiger charge is 2.42. The molecule has 0 aromatic rings. The Morgan fingerprint density at radius 3 is 1.18 bits per heavy atom. The summed E-state index contributed by atoms with van der Waals surface area (Å²) in [6.07, 6.45) is 0. The molecule has 0 unspecified atom stereocenters. The largest absolute Gasteiger partial charge is 0.456 e. The van der Waals surface area contributed by atoms with Crippen LogP contribution >= 0.6 is 0 Å². The zero-order valence-corrected chi connectivity index (χ0v) is 16.0. The molecule has 0 amide bonds. The Morgan fingerprint density at radius 1 is 0.727 bits per heavy atom. The Morgan fingerprint density at radius 2 is 1.00 bits per heavy atom. The highest BCUT2D eigenvalue weighted by atomic mass is 16.6. The Hall–Kier alpha value is -1.10. The number of carbonyl (C=O) groups excluding carboxylic acids is 2. The summed E-state index contributed by atoms with van der Waals surface area (Å²) in [5.41, 5.74) is -1.37. The predicted octanol–water partition coefficient (Wildman–Crippen LogP) is 2.91. The van der Waals surface area contributed by atoms with Crippen LogP contribution in [0.25, 0.3) is 0 Å². The smallest absolute Gasteiger partial charge is 0.362 e. The van der Waals surface area contributed by atoms with Crippen LogP contribution in [0.15, 0.2) is 0 Å². The number of rotatable bonds is 4. The molecule has 0 aliphatic carbocycles.